The monoisotopic (exact) mass is 351 g/mol. The number of rotatable bonds is 5. The lowest BCUT2D eigenvalue weighted by Crippen LogP contribution is -2.05. The minimum Gasteiger partial charge on any atom is -0.478 e. The Labute approximate surface area is 130 Å². The van der Waals surface area contributed by atoms with Crippen LogP contribution in [0.3, 0.4) is 0 Å². The number of hydrogen-bond donors (Lipinski definition) is 1. The number of carboxylic acid groups (broad SMARTS) is 1. The molecule has 1 aromatic carbocycles. The highest BCUT2D eigenvalue weighted by molar-refractivity contribution is 9.10. The molecule has 7 heteroatoms. The van der Waals surface area contributed by atoms with E-state index in [1.165, 1.54) is 12.1 Å². The lowest BCUT2D eigenvalue weighted by atomic mass is 10.2. The first-order chi connectivity index (χ1) is 10.0. The molecule has 2 rings (SSSR count). The van der Waals surface area contributed by atoms with Crippen molar-refractivity contribution >= 4 is 21.9 Å². The highest BCUT2D eigenvalue weighted by Gasteiger charge is 2.12. The molecule has 0 bridgehead atoms. The van der Waals surface area contributed by atoms with Gasteiger partial charge in [0.25, 0.3) is 0 Å². The van der Waals surface area contributed by atoms with Gasteiger partial charge in [0.15, 0.2) is 0 Å². The van der Waals surface area contributed by atoms with Gasteiger partial charge in [0, 0.05) is 0 Å². The number of ether oxygens (including phenoxy) is 1. The maximum absolute atomic E-state index is 11.0. The third-order valence-electron chi connectivity index (χ3n) is 2.87. The zero-order valence-electron chi connectivity index (χ0n) is 11.6. The van der Waals surface area contributed by atoms with Crippen molar-refractivity contribution in [1.82, 2.24) is 15.2 Å². The van der Waals surface area contributed by atoms with Crippen molar-refractivity contribution in [1.29, 1.82) is 0 Å². The molecule has 1 heterocycles. The summed E-state index contributed by atoms with van der Waals surface area (Å²) in [5.74, 6) is -0.690. The van der Waals surface area contributed by atoms with Crippen LogP contribution in [0.5, 0.6) is 11.8 Å². The number of hydrogen-bond acceptors (Lipinski definition) is 5. The van der Waals surface area contributed by atoms with E-state index in [1.54, 1.807) is 6.07 Å². The second kappa shape index (κ2) is 6.62. The van der Waals surface area contributed by atoms with Crippen LogP contribution in [0.1, 0.15) is 35.6 Å². The van der Waals surface area contributed by atoms with Crippen molar-refractivity contribution in [2.75, 3.05) is 0 Å². The second-order valence-electron chi connectivity index (χ2n) is 4.25. The third-order valence-corrected chi connectivity index (χ3v) is 3.52. The highest BCUT2D eigenvalue weighted by Crippen LogP contribution is 2.29. The van der Waals surface area contributed by atoms with E-state index in [0.717, 1.165) is 24.2 Å². The Bertz CT molecular complexity index is 677. The number of aromatic nitrogens is 3. The van der Waals surface area contributed by atoms with Crippen molar-refractivity contribution in [2.45, 2.75) is 26.7 Å². The number of carboxylic acids is 1. The Morgan fingerprint density at radius 1 is 1.24 bits per heavy atom. The predicted molar refractivity (Wildman–Crippen MR) is 79.8 cm³/mol. The first-order valence-corrected chi connectivity index (χ1v) is 7.27. The van der Waals surface area contributed by atoms with Crippen molar-refractivity contribution in [3.8, 4) is 11.8 Å². The molecule has 0 saturated heterocycles. The Morgan fingerprint density at radius 2 is 1.95 bits per heavy atom. The van der Waals surface area contributed by atoms with Crippen LogP contribution in [-0.2, 0) is 12.8 Å². The van der Waals surface area contributed by atoms with Crippen LogP contribution in [0, 0.1) is 0 Å². The van der Waals surface area contributed by atoms with Gasteiger partial charge < -0.3 is 9.84 Å². The van der Waals surface area contributed by atoms with Gasteiger partial charge in [0.1, 0.15) is 5.75 Å². The van der Waals surface area contributed by atoms with Gasteiger partial charge in [-0.25, -0.2) is 4.79 Å². The minimum absolute atomic E-state index is 0.104. The van der Waals surface area contributed by atoms with E-state index in [9.17, 15) is 4.79 Å². The summed E-state index contributed by atoms with van der Waals surface area (Å²) < 4.78 is 6.17. The first-order valence-electron chi connectivity index (χ1n) is 6.48. The molecule has 6 nitrogen and oxygen atoms in total. The number of nitrogens with zero attached hydrogens (tertiary/aromatic N) is 3. The molecular weight excluding hydrogens is 338 g/mol. The molecule has 0 aliphatic heterocycles. The predicted octanol–water partition coefficient (Wildman–Crippen LogP) is 3.25. The molecule has 0 fully saturated rings. The summed E-state index contributed by atoms with van der Waals surface area (Å²) in [4.78, 5) is 15.3. The summed E-state index contributed by atoms with van der Waals surface area (Å²) in [5, 5.41) is 17.0. The van der Waals surface area contributed by atoms with E-state index < -0.39 is 5.97 Å². The second-order valence-corrected chi connectivity index (χ2v) is 5.10. The molecule has 0 aliphatic carbocycles. The Kier molecular flexibility index (Phi) is 4.85. The Morgan fingerprint density at radius 3 is 2.57 bits per heavy atom. The zero-order valence-corrected chi connectivity index (χ0v) is 13.2. The summed E-state index contributed by atoms with van der Waals surface area (Å²) in [6.45, 7) is 3.96. The van der Waals surface area contributed by atoms with Gasteiger partial charge in [0.05, 0.1) is 21.4 Å². The van der Waals surface area contributed by atoms with Gasteiger partial charge in [-0.05, 0) is 47.0 Å². The molecule has 2 aromatic rings. The number of benzene rings is 1. The normalized spacial score (nSPS) is 10.4. The summed E-state index contributed by atoms with van der Waals surface area (Å²) >= 11 is 3.31. The standard InChI is InChI=1S/C14H14BrN3O3/c1-3-10-11(4-2)17-18-14(16-10)21-12-7-8(13(19)20)5-6-9(12)15/h5-7H,3-4H2,1-2H3,(H,19,20). The van der Waals surface area contributed by atoms with Crippen molar-refractivity contribution < 1.29 is 14.6 Å². The molecule has 0 radical (unpaired) electrons. The van der Waals surface area contributed by atoms with Crippen molar-refractivity contribution in [3.05, 3.63) is 39.6 Å². The fraction of sp³-hybridized carbons (Fsp3) is 0.286. The Balaban J connectivity index is 2.33. The fourth-order valence-corrected chi connectivity index (χ4v) is 2.10. The minimum atomic E-state index is -1.03. The summed E-state index contributed by atoms with van der Waals surface area (Å²) in [6, 6.07) is 4.60. The molecule has 0 atom stereocenters. The van der Waals surface area contributed by atoms with Crippen LogP contribution < -0.4 is 4.74 Å². The largest absolute Gasteiger partial charge is 0.478 e. The van der Waals surface area contributed by atoms with E-state index in [0.29, 0.717) is 10.2 Å². The van der Waals surface area contributed by atoms with Gasteiger partial charge in [-0.1, -0.05) is 18.9 Å². The molecule has 1 N–H and O–H groups in total. The first kappa shape index (κ1) is 15.4. The van der Waals surface area contributed by atoms with Gasteiger partial charge in [-0.15, -0.1) is 5.10 Å². The SMILES string of the molecule is CCc1nnc(Oc2cc(C(=O)O)ccc2Br)nc1CC. The molecular formula is C14H14BrN3O3. The zero-order chi connectivity index (χ0) is 15.4. The van der Waals surface area contributed by atoms with Crippen LogP contribution in [0.25, 0.3) is 0 Å². The number of carbonyl (C=O) groups is 1. The Hall–Kier alpha value is -2.02. The van der Waals surface area contributed by atoms with Gasteiger partial charge >= 0.3 is 12.0 Å². The smallest absolute Gasteiger partial charge is 0.341 e. The molecule has 0 aliphatic rings. The lowest BCUT2D eigenvalue weighted by Gasteiger charge is -2.08. The molecule has 0 amide bonds. The molecule has 0 spiro atoms. The van der Waals surface area contributed by atoms with E-state index in [4.69, 9.17) is 9.84 Å². The van der Waals surface area contributed by atoms with E-state index >= 15 is 0 Å². The average Bonchev–Trinajstić information content (AvgIpc) is 2.49. The number of halogens is 1. The summed E-state index contributed by atoms with van der Waals surface area (Å²) in [7, 11) is 0. The van der Waals surface area contributed by atoms with Gasteiger partial charge in [-0.3, -0.25) is 0 Å². The number of aromatic carboxylic acids is 1. The fourth-order valence-electron chi connectivity index (χ4n) is 1.78. The topological polar surface area (TPSA) is 85.2 Å². The van der Waals surface area contributed by atoms with Crippen LogP contribution in [0.4, 0.5) is 0 Å². The molecule has 1 aromatic heterocycles. The van der Waals surface area contributed by atoms with Gasteiger partial charge in [-0.2, -0.15) is 4.98 Å². The molecule has 110 valence electrons. The lowest BCUT2D eigenvalue weighted by molar-refractivity contribution is 0.0696. The highest BCUT2D eigenvalue weighted by atomic mass is 79.9. The van der Waals surface area contributed by atoms with Gasteiger partial charge in [0.2, 0.25) is 0 Å². The average molecular weight is 352 g/mol. The van der Waals surface area contributed by atoms with Crippen LogP contribution in [0.15, 0.2) is 22.7 Å². The van der Waals surface area contributed by atoms with Crippen molar-refractivity contribution in [2.24, 2.45) is 0 Å². The number of aryl methyl sites for hydroxylation is 2. The van der Waals surface area contributed by atoms with Crippen LogP contribution in [0.2, 0.25) is 0 Å². The van der Waals surface area contributed by atoms with Crippen LogP contribution >= 0.6 is 15.9 Å². The van der Waals surface area contributed by atoms with Crippen molar-refractivity contribution in [3.63, 3.8) is 0 Å². The molecule has 0 saturated carbocycles. The molecule has 0 unspecified atom stereocenters. The summed E-state index contributed by atoms with van der Waals surface area (Å²) in [5.41, 5.74) is 1.79. The van der Waals surface area contributed by atoms with E-state index in [-0.39, 0.29) is 11.6 Å². The van der Waals surface area contributed by atoms with E-state index in [2.05, 4.69) is 31.1 Å². The third kappa shape index (κ3) is 3.55. The van der Waals surface area contributed by atoms with Crippen LogP contribution in [-0.4, -0.2) is 26.3 Å². The quantitative estimate of drug-likeness (QED) is 0.889. The van der Waals surface area contributed by atoms with E-state index in [1.807, 2.05) is 13.8 Å². The summed E-state index contributed by atoms with van der Waals surface area (Å²) in [6.07, 6.45) is 1.48. The maximum atomic E-state index is 11.0. The maximum Gasteiger partial charge on any atom is 0.341 e. The molecule has 21 heavy (non-hydrogen) atoms.